The van der Waals surface area contributed by atoms with Crippen molar-refractivity contribution >= 4 is 40.5 Å². The smallest absolute Gasteiger partial charge is 0.407 e. The van der Waals surface area contributed by atoms with E-state index in [1.54, 1.807) is 18.5 Å². The van der Waals surface area contributed by atoms with E-state index < -0.39 is 17.1 Å². The van der Waals surface area contributed by atoms with E-state index in [0.717, 1.165) is 22.4 Å². The molecule has 0 spiro atoms. The van der Waals surface area contributed by atoms with Crippen LogP contribution in [0.1, 0.15) is 52.1 Å². The molecule has 3 N–H and O–H groups in total. The minimum Gasteiger partial charge on any atom is -0.444 e. The zero-order chi connectivity index (χ0) is 25.9. The number of nitrogens with one attached hydrogen (secondary N) is 3. The van der Waals surface area contributed by atoms with Crippen molar-refractivity contribution in [2.75, 3.05) is 24.5 Å². The molecular weight excluding hydrogens is 480 g/mol. The predicted molar refractivity (Wildman–Crippen MR) is 140 cm³/mol. The molecule has 0 aliphatic carbocycles. The highest BCUT2D eigenvalue weighted by Gasteiger charge is 2.43. The van der Waals surface area contributed by atoms with E-state index in [1.807, 2.05) is 52.1 Å². The van der Waals surface area contributed by atoms with Crippen LogP contribution in [-0.2, 0) is 9.53 Å². The Morgan fingerprint density at radius 3 is 2.53 bits per heavy atom. The molecule has 4 rings (SSSR count). The zero-order valence-electron chi connectivity index (χ0n) is 21.1. The SMILES string of the molecule is C[C@H](NC(=O)C1(CNC(=O)OC(C)(C)C)CCN(c2ncnc3[nH]ccc23)CC1)c1ccc(Cl)cc1. The number of hydrogen-bond donors (Lipinski definition) is 3. The van der Waals surface area contributed by atoms with Gasteiger partial charge in [0, 0.05) is 30.9 Å². The van der Waals surface area contributed by atoms with Gasteiger partial charge in [-0.3, -0.25) is 4.79 Å². The molecule has 2 aromatic heterocycles. The van der Waals surface area contributed by atoms with Crippen molar-refractivity contribution in [2.45, 2.75) is 52.2 Å². The number of amides is 2. The number of piperidine rings is 1. The molecule has 0 radical (unpaired) electrons. The van der Waals surface area contributed by atoms with Crippen LogP contribution in [0.25, 0.3) is 11.0 Å². The molecule has 0 saturated carbocycles. The molecule has 1 atom stereocenters. The molecule has 1 aromatic carbocycles. The van der Waals surface area contributed by atoms with Gasteiger partial charge < -0.3 is 25.3 Å². The van der Waals surface area contributed by atoms with Crippen molar-refractivity contribution in [2.24, 2.45) is 5.41 Å². The second-order valence-corrected chi connectivity index (χ2v) is 10.7. The van der Waals surface area contributed by atoms with Gasteiger partial charge in [-0.15, -0.1) is 0 Å². The van der Waals surface area contributed by atoms with E-state index in [1.165, 1.54) is 0 Å². The zero-order valence-corrected chi connectivity index (χ0v) is 21.9. The van der Waals surface area contributed by atoms with Crippen LogP contribution in [0.4, 0.5) is 10.6 Å². The normalized spacial score (nSPS) is 16.4. The first kappa shape index (κ1) is 25.8. The molecule has 2 amide bonds. The number of fused-ring (bicyclic) bond motifs is 1. The number of benzene rings is 1. The van der Waals surface area contributed by atoms with Gasteiger partial charge in [-0.25, -0.2) is 14.8 Å². The lowest BCUT2D eigenvalue weighted by molar-refractivity contribution is -0.132. The number of rotatable bonds is 6. The number of halogens is 1. The molecule has 36 heavy (non-hydrogen) atoms. The van der Waals surface area contributed by atoms with Gasteiger partial charge in [0.15, 0.2) is 0 Å². The van der Waals surface area contributed by atoms with Gasteiger partial charge in [0.05, 0.1) is 16.8 Å². The standard InChI is InChI=1S/C26H33ClN6O3/c1-17(18-5-7-19(27)8-6-18)32-23(34)26(15-29-24(35)36-25(2,3)4)10-13-33(14-11-26)22-20-9-12-28-21(20)30-16-31-22/h5-9,12,16-17H,10-11,13-15H2,1-4H3,(H,29,35)(H,32,34)(H,28,30,31)/t17-/m0/s1. The summed E-state index contributed by atoms with van der Waals surface area (Å²) in [5, 5.41) is 7.58. The van der Waals surface area contributed by atoms with E-state index in [2.05, 4.69) is 30.5 Å². The van der Waals surface area contributed by atoms with E-state index in [0.29, 0.717) is 31.0 Å². The summed E-state index contributed by atoms with van der Waals surface area (Å²) in [5.41, 5.74) is 0.313. The van der Waals surface area contributed by atoms with Crippen LogP contribution in [0.3, 0.4) is 0 Å². The fraction of sp³-hybridized carbons (Fsp3) is 0.462. The van der Waals surface area contributed by atoms with E-state index in [9.17, 15) is 9.59 Å². The van der Waals surface area contributed by atoms with Gasteiger partial charge >= 0.3 is 6.09 Å². The first-order chi connectivity index (χ1) is 17.1. The van der Waals surface area contributed by atoms with Gasteiger partial charge in [-0.1, -0.05) is 23.7 Å². The predicted octanol–water partition coefficient (Wildman–Crippen LogP) is 4.60. The van der Waals surface area contributed by atoms with Crippen molar-refractivity contribution in [3.63, 3.8) is 0 Å². The van der Waals surface area contributed by atoms with Crippen LogP contribution in [0.2, 0.25) is 5.02 Å². The Kier molecular flexibility index (Phi) is 7.40. The first-order valence-electron chi connectivity index (χ1n) is 12.1. The Hall–Kier alpha value is -3.33. The number of aromatic amines is 1. The molecule has 192 valence electrons. The average molecular weight is 513 g/mol. The second-order valence-electron chi connectivity index (χ2n) is 10.3. The van der Waals surface area contributed by atoms with Gasteiger partial charge in [0.2, 0.25) is 5.91 Å². The highest BCUT2D eigenvalue weighted by atomic mass is 35.5. The van der Waals surface area contributed by atoms with E-state index >= 15 is 0 Å². The van der Waals surface area contributed by atoms with Crippen LogP contribution < -0.4 is 15.5 Å². The molecule has 1 fully saturated rings. The number of carbonyl (C=O) groups is 2. The number of hydrogen-bond acceptors (Lipinski definition) is 6. The Bertz CT molecular complexity index is 1210. The Morgan fingerprint density at radius 2 is 1.86 bits per heavy atom. The monoisotopic (exact) mass is 512 g/mol. The summed E-state index contributed by atoms with van der Waals surface area (Å²) in [6, 6.07) is 9.16. The van der Waals surface area contributed by atoms with Gasteiger partial charge in [0.1, 0.15) is 23.4 Å². The summed E-state index contributed by atoms with van der Waals surface area (Å²) in [5.74, 6) is 0.736. The summed E-state index contributed by atoms with van der Waals surface area (Å²) in [7, 11) is 0. The Morgan fingerprint density at radius 1 is 1.17 bits per heavy atom. The number of H-pyrrole nitrogens is 1. The fourth-order valence-corrected chi connectivity index (χ4v) is 4.61. The van der Waals surface area contributed by atoms with Crippen LogP contribution >= 0.6 is 11.6 Å². The average Bonchev–Trinajstić information content (AvgIpc) is 3.31. The maximum atomic E-state index is 13.7. The summed E-state index contributed by atoms with van der Waals surface area (Å²) < 4.78 is 5.42. The molecule has 1 aliphatic heterocycles. The van der Waals surface area contributed by atoms with Crippen LogP contribution in [0.5, 0.6) is 0 Å². The summed E-state index contributed by atoms with van der Waals surface area (Å²) >= 11 is 6.02. The molecule has 1 saturated heterocycles. The third-order valence-corrected chi connectivity index (χ3v) is 6.77. The molecule has 3 aromatic rings. The second kappa shape index (κ2) is 10.3. The Labute approximate surface area is 216 Å². The van der Waals surface area contributed by atoms with E-state index in [-0.39, 0.29) is 18.5 Å². The van der Waals surface area contributed by atoms with Crippen molar-refractivity contribution in [3.8, 4) is 0 Å². The molecule has 0 bridgehead atoms. The summed E-state index contributed by atoms with van der Waals surface area (Å²) in [6.45, 7) is 8.76. The van der Waals surface area contributed by atoms with Crippen LogP contribution in [0, 0.1) is 5.41 Å². The Balaban J connectivity index is 1.51. The number of alkyl carbamates (subject to hydrolysis) is 1. The quantitative estimate of drug-likeness (QED) is 0.445. The fourth-order valence-electron chi connectivity index (χ4n) is 4.48. The van der Waals surface area contributed by atoms with Gasteiger partial charge in [-0.2, -0.15) is 0 Å². The van der Waals surface area contributed by atoms with Crippen molar-refractivity contribution in [3.05, 3.63) is 53.4 Å². The maximum absolute atomic E-state index is 13.7. The van der Waals surface area contributed by atoms with Crippen LogP contribution in [0.15, 0.2) is 42.9 Å². The summed E-state index contributed by atoms with van der Waals surface area (Å²) in [6.07, 6.45) is 3.93. The topological polar surface area (TPSA) is 112 Å². The number of aromatic nitrogens is 3. The molecule has 3 heterocycles. The number of ether oxygens (including phenoxy) is 1. The van der Waals surface area contributed by atoms with E-state index in [4.69, 9.17) is 16.3 Å². The maximum Gasteiger partial charge on any atom is 0.407 e. The number of nitrogens with zero attached hydrogens (tertiary/aromatic N) is 3. The molecule has 0 unspecified atom stereocenters. The molecule has 10 heteroatoms. The van der Waals surface area contributed by atoms with Crippen molar-refractivity contribution < 1.29 is 14.3 Å². The molecular formula is C26H33ClN6O3. The number of anilines is 1. The first-order valence-corrected chi connectivity index (χ1v) is 12.5. The lowest BCUT2D eigenvalue weighted by Gasteiger charge is -2.41. The van der Waals surface area contributed by atoms with Gasteiger partial charge in [0.25, 0.3) is 0 Å². The highest BCUT2D eigenvalue weighted by molar-refractivity contribution is 6.30. The lowest BCUT2D eigenvalue weighted by atomic mass is 9.77. The largest absolute Gasteiger partial charge is 0.444 e. The number of carbonyl (C=O) groups excluding carboxylic acids is 2. The molecule has 9 nitrogen and oxygen atoms in total. The van der Waals surface area contributed by atoms with Crippen molar-refractivity contribution in [1.82, 2.24) is 25.6 Å². The van der Waals surface area contributed by atoms with Crippen molar-refractivity contribution in [1.29, 1.82) is 0 Å². The third kappa shape index (κ3) is 5.90. The minimum absolute atomic E-state index is 0.102. The third-order valence-electron chi connectivity index (χ3n) is 6.52. The van der Waals surface area contributed by atoms with Crippen LogP contribution in [-0.4, -0.2) is 52.2 Å². The van der Waals surface area contributed by atoms with Gasteiger partial charge in [-0.05, 0) is 64.3 Å². The highest BCUT2D eigenvalue weighted by Crippen LogP contribution is 2.35. The summed E-state index contributed by atoms with van der Waals surface area (Å²) in [4.78, 5) is 40.2. The molecule has 1 aliphatic rings. The minimum atomic E-state index is -0.793. The lowest BCUT2D eigenvalue weighted by Crippen LogP contribution is -2.55.